The van der Waals surface area contributed by atoms with Gasteiger partial charge in [-0.2, -0.15) is 0 Å². The van der Waals surface area contributed by atoms with Gasteiger partial charge < -0.3 is 16.4 Å². The van der Waals surface area contributed by atoms with Crippen LogP contribution in [0.25, 0.3) is 0 Å². The molecule has 0 aromatic carbocycles. The van der Waals surface area contributed by atoms with E-state index in [1.807, 2.05) is 0 Å². The third kappa shape index (κ3) is 59.0. The van der Waals surface area contributed by atoms with E-state index in [1.165, 1.54) is 418 Å². The van der Waals surface area contributed by atoms with Gasteiger partial charge in [0.2, 0.25) is 0 Å². The maximum atomic E-state index is 5.77. The fourth-order valence-electron chi connectivity index (χ4n) is 13.0. The van der Waals surface area contributed by atoms with Crippen LogP contribution in [0.3, 0.4) is 0 Å². The van der Waals surface area contributed by atoms with E-state index in [0.29, 0.717) is 5.54 Å². The van der Waals surface area contributed by atoms with E-state index in [2.05, 4.69) is 43.2 Å². The Kier molecular flexibility index (Phi) is 69.2. The minimum atomic E-state index is 0.359. The van der Waals surface area contributed by atoms with Crippen molar-refractivity contribution in [2.24, 2.45) is 5.73 Å². The summed E-state index contributed by atoms with van der Waals surface area (Å²) >= 11 is 0. The Balaban J connectivity index is 5.84. The third-order valence-electron chi connectivity index (χ3n) is 18.5. The van der Waals surface area contributed by atoms with Crippen molar-refractivity contribution < 1.29 is 0 Å². The Labute approximate surface area is 496 Å². The summed E-state index contributed by atoms with van der Waals surface area (Å²) in [5.74, 6) is 0. The van der Waals surface area contributed by atoms with Gasteiger partial charge in [-0.25, -0.2) is 0 Å². The average Bonchev–Trinajstić information content (AvgIpc) is 3.45. The van der Waals surface area contributed by atoms with Crippen LogP contribution in [-0.4, -0.2) is 56.3 Å². The van der Waals surface area contributed by atoms with Gasteiger partial charge in [0.15, 0.2) is 0 Å². The zero-order valence-electron chi connectivity index (χ0n) is 55.3. The van der Waals surface area contributed by atoms with E-state index >= 15 is 0 Å². The molecule has 4 N–H and O–H groups in total. The minimum absolute atomic E-state index is 0.359. The van der Waals surface area contributed by atoms with Crippen molar-refractivity contribution in [2.45, 2.75) is 431 Å². The van der Waals surface area contributed by atoms with Gasteiger partial charge in [0.05, 0.1) is 0 Å². The van der Waals surface area contributed by atoms with Crippen LogP contribution in [0.5, 0.6) is 0 Å². The molecule has 0 radical (unpaired) electrons. The molecule has 0 saturated carbocycles. The first kappa shape index (κ1) is 77.8. The second-order valence-electron chi connectivity index (χ2n) is 26.2. The molecule has 0 saturated heterocycles. The summed E-state index contributed by atoms with van der Waals surface area (Å²) < 4.78 is 0. The van der Waals surface area contributed by atoms with Gasteiger partial charge in [-0.15, -0.1) is 0 Å². The van der Waals surface area contributed by atoms with Crippen LogP contribution in [0.15, 0.2) is 0 Å². The fraction of sp³-hybridized carbons (Fsp3) is 1.00. The number of rotatable bonds is 72. The number of nitrogens with one attached hydrogen (secondary N) is 2. The minimum Gasteiger partial charge on any atom is -0.330 e. The van der Waals surface area contributed by atoms with E-state index < -0.39 is 0 Å². The van der Waals surface area contributed by atoms with E-state index in [0.717, 1.165) is 26.1 Å². The molecule has 0 bridgehead atoms. The lowest BCUT2D eigenvalue weighted by Crippen LogP contribution is -2.51. The quantitative estimate of drug-likeness (QED) is 0.0531. The molecule has 470 valence electrons. The van der Waals surface area contributed by atoms with Crippen molar-refractivity contribution in [3.05, 3.63) is 0 Å². The number of nitrogens with zero attached hydrogens (tertiary/aromatic N) is 1. The van der Waals surface area contributed by atoms with Crippen molar-refractivity contribution in [3.8, 4) is 0 Å². The van der Waals surface area contributed by atoms with Gasteiger partial charge in [-0.3, -0.25) is 4.90 Å². The van der Waals surface area contributed by atoms with Crippen LogP contribution in [0.4, 0.5) is 0 Å². The predicted octanol–water partition coefficient (Wildman–Crippen LogP) is 24.4. The molecule has 0 atom stereocenters. The highest BCUT2D eigenvalue weighted by molar-refractivity contribution is 4.92. The fourth-order valence-corrected chi connectivity index (χ4v) is 13.0. The van der Waals surface area contributed by atoms with E-state index in [9.17, 15) is 0 Å². The summed E-state index contributed by atoms with van der Waals surface area (Å²) in [5.41, 5.74) is 6.13. The molecule has 0 fully saturated rings. The van der Waals surface area contributed by atoms with E-state index in [4.69, 9.17) is 5.73 Å². The molecule has 4 nitrogen and oxygen atoms in total. The van der Waals surface area contributed by atoms with Crippen LogP contribution in [-0.2, 0) is 0 Å². The normalized spacial score (nSPS) is 12.1. The average molecular weight is 1100 g/mol. The molecule has 0 heterocycles. The van der Waals surface area contributed by atoms with E-state index in [1.54, 1.807) is 0 Å². The first-order chi connectivity index (χ1) is 38.7. The number of hydrogen-bond acceptors (Lipinski definition) is 4. The van der Waals surface area contributed by atoms with Gasteiger partial charge in [-0.1, -0.05) is 374 Å². The zero-order chi connectivity index (χ0) is 56.3. The summed E-state index contributed by atoms with van der Waals surface area (Å²) in [6.07, 6.45) is 89.3. The maximum Gasteiger partial charge on any atom is 0.0221 e. The molecule has 0 aliphatic rings. The molecular weight excluding hydrogens is 945 g/mol. The Morgan fingerprint density at radius 1 is 0.218 bits per heavy atom. The number of nitrogens with two attached hydrogens (primary N) is 1. The van der Waals surface area contributed by atoms with Crippen LogP contribution in [0.1, 0.15) is 426 Å². The second kappa shape index (κ2) is 69.3. The lowest BCUT2D eigenvalue weighted by atomic mass is 9.81. The smallest absolute Gasteiger partial charge is 0.0221 e. The van der Waals surface area contributed by atoms with Crippen LogP contribution >= 0.6 is 0 Å². The largest absolute Gasteiger partial charge is 0.330 e. The highest BCUT2D eigenvalue weighted by Crippen LogP contribution is 2.35. The monoisotopic (exact) mass is 1100 g/mol. The van der Waals surface area contributed by atoms with E-state index in [-0.39, 0.29) is 0 Å². The van der Waals surface area contributed by atoms with Gasteiger partial charge in [-0.05, 0) is 97.2 Å². The molecule has 4 heteroatoms. The lowest BCUT2D eigenvalue weighted by molar-refractivity contribution is 0.0511. The lowest BCUT2D eigenvalue weighted by Gasteiger charge is -2.46. The van der Waals surface area contributed by atoms with Crippen molar-refractivity contribution >= 4 is 0 Å². The van der Waals surface area contributed by atoms with Crippen molar-refractivity contribution in [3.63, 3.8) is 0 Å². The third-order valence-corrected chi connectivity index (χ3v) is 18.5. The maximum absolute atomic E-state index is 5.77. The topological polar surface area (TPSA) is 53.3 Å². The van der Waals surface area contributed by atoms with Gasteiger partial charge in [0.25, 0.3) is 0 Å². The summed E-state index contributed by atoms with van der Waals surface area (Å²) in [6.45, 7) is 17.4. The Bertz CT molecular complexity index is 968. The van der Waals surface area contributed by atoms with Crippen LogP contribution in [0.2, 0.25) is 0 Å². The van der Waals surface area contributed by atoms with Crippen LogP contribution < -0.4 is 16.4 Å². The molecule has 78 heavy (non-hydrogen) atoms. The predicted molar refractivity (Wildman–Crippen MR) is 358 cm³/mol. The molecule has 0 aromatic rings. The standard InChI is InChI=1S/C74H154N4/c1-5-9-13-17-21-25-29-33-37-41-45-49-53-57-64-74(66-71-77-69-60-59-68-76-70-63-67-75,65-58-54-50-46-42-38-34-30-26-22-18-14-10-6-2)78(72-61-55-51-47-43-39-35-31-27-23-19-15-11-7-3)73-62-56-52-48-44-40-36-32-28-24-20-16-12-8-4/h76-77H,5-73,75H2,1-4H3. The summed E-state index contributed by atoms with van der Waals surface area (Å²) in [4.78, 5) is 3.21. The Morgan fingerprint density at radius 3 is 0.667 bits per heavy atom. The zero-order valence-corrected chi connectivity index (χ0v) is 55.3. The highest BCUT2D eigenvalue weighted by Gasteiger charge is 2.35. The number of unbranched alkanes of at least 4 members (excludes halogenated alkanes) is 53. The number of hydrogen-bond donors (Lipinski definition) is 3. The summed E-state index contributed by atoms with van der Waals surface area (Å²) in [6, 6.07) is 0. The molecule has 0 aromatic heterocycles. The van der Waals surface area contributed by atoms with Gasteiger partial charge in [0.1, 0.15) is 0 Å². The summed E-state index contributed by atoms with van der Waals surface area (Å²) in [7, 11) is 0. The Morgan fingerprint density at radius 2 is 0.423 bits per heavy atom. The van der Waals surface area contributed by atoms with Gasteiger partial charge in [0, 0.05) is 5.54 Å². The Hall–Kier alpha value is -0.160. The second-order valence-corrected chi connectivity index (χ2v) is 26.2. The first-order valence-electron chi connectivity index (χ1n) is 37.6. The molecule has 0 aliphatic heterocycles. The molecule has 0 unspecified atom stereocenters. The molecule has 0 rings (SSSR count). The van der Waals surface area contributed by atoms with Crippen molar-refractivity contribution in [1.29, 1.82) is 0 Å². The molecule has 0 aliphatic carbocycles. The van der Waals surface area contributed by atoms with Crippen LogP contribution in [0, 0.1) is 0 Å². The molecule has 0 spiro atoms. The SMILES string of the molecule is CCCCCCCCCCCCCCCCN(CCCCCCCCCCCCCCCC)C(CCCCCCCCCCCCCCCC)(CCCCCCCCCCCCCCCC)CCNCCCCNCCCN. The molecule has 0 amide bonds. The van der Waals surface area contributed by atoms with Crippen molar-refractivity contribution in [1.82, 2.24) is 15.5 Å². The van der Waals surface area contributed by atoms with Gasteiger partial charge >= 0.3 is 0 Å². The highest BCUT2D eigenvalue weighted by atomic mass is 15.2. The first-order valence-corrected chi connectivity index (χ1v) is 37.6. The van der Waals surface area contributed by atoms with Crippen molar-refractivity contribution in [2.75, 3.05) is 45.8 Å². The summed E-state index contributed by atoms with van der Waals surface area (Å²) in [5, 5.41) is 7.69. The molecular formula is C74H154N4.